The van der Waals surface area contributed by atoms with Crippen LogP contribution in [0.4, 0.5) is 5.69 Å². The number of rotatable bonds is 3. The summed E-state index contributed by atoms with van der Waals surface area (Å²) >= 11 is 0. The number of piperidine rings is 1. The van der Waals surface area contributed by atoms with E-state index in [1.807, 2.05) is 12.4 Å². The Morgan fingerprint density at radius 3 is 3.05 bits per heavy atom. The van der Waals surface area contributed by atoms with Crippen molar-refractivity contribution in [2.24, 2.45) is 5.92 Å². The van der Waals surface area contributed by atoms with Gasteiger partial charge in [0.25, 0.3) is 0 Å². The molecule has 0 spiro atoms. The summed E-state index contributed by atoms with van der Waals surface area (Å²) in [6.45, 7) is 1.77. The van der Waals surface area contributed by atoms with Crippen LogP contribution in [-0.2, 0) is 4.79 Å². The molecule has 2 aromatic rings. The van der Waals surface area contributed by atoms with Gasteiger partial charge in [-0.1, -0.05) is 0 Å². The maximum atomic E-state index is 12.3. The van der Waals surface area contributed by atoms with Crippen LogP contribution in [0.5, 0.6) is 0 Å². The van der Waals surface area contributed by atoms with Gasteiger partial charge in [-0.3, -0.25) is 4.79 Å². The second kappa shape index (κ2) is 5.30. The minimum absolute atomic E-state index is 0.321. The molecule has 1 saturated heterocycles. The van der Waals surface area contributed by atoms with E-state index in [1.54, 1.807) is 0 Å². The number of hydrogen-bond donors (Lipinski definition) is 1. The molecule has 22 heavy (non-hydrogen) atoms. The fourth-order valence-electron chi connectivity index (χ4n) is 3.51. The predicted molar refractivity (Wildman–Crippen MR) is 86.8 cm³/mol. The highest BCUT2D eigenvalue weighted by Gasteiger charge is 2.36. The molecule has 1 saturated carbocycles. The summed E-state index contributed by atoms with van der Waals surface area (Å²) in [6, 6.07) is 4.53. The van der Waals surface area contributed by atoms with Gasteiger partial charge >= 0.3 is 0 Å². The largest absolute Gasteiger partial charge is 0.369 e. The third kappa shape index (κ3) is 2.34. The van der Waals surface area contributed by atoms with Gasteiger partial charge in [0.05, 0.1) is 0 Å². The number of carbonyl (C=O) groups is 1. The normalized spacial score (nSPS) is 22.0. The Hall–Kier alpha value is -2.04. The van der Waals surface area contributed by atoms with Crippen molar-refractivity contribution >= 4 is 22.6 Å². The number of fused-ring (bicyclic) bond motifs is 1. The Morgan fingerprint density at radius 1 is 1.36 bits per heavy atom. The molecule has 116 valence electrons. The van der Waals surface area contributed by atoms with Gasteiger partial charge in [-0.2, -0.15) is 0 Å². The van der Waals surface area contributed by atoms with Gasteiger partial charge in [-0.15, -0.1) is 0 Å². The van der Waals surface area contributed by atoms with Crippen LogP contribution in [0.15, 0.2) is 24.5 Å². The Bertz CT molecular complexity index is 691. The van der Waals surface area contributed by atoms with Crippen molar-refractivity contribution < 1.29 is 4.79 Å². The molecule has 1 N–H and O–H groups in total. The van der Waals surface area contributed by atoms with Crippen LogP contribution >= 0.6 is 0 Å². The fourth-order valence-corrected chi connectivity index (χ4v) is 3.51. The first-order valence-corrected chi connectivity index (χ1v) is 8.18. The highest BCUT2D eigenvalue weighted by Crippen LogP contribution is 2.33. The SMILES string of the molecule is CN(c1ccnc2[nH]ccc12)[C@@H]1CCCN(C(=O)C2CC2)C1. The van der Waals surface area contributed by atoms with E-state index < -0.39 is 0 Å². The molecule has 0 radical (unpaired) electrons. The minimum atomic E-state index is 0.321. The number of likely N-dealkylation sites (tertiary alicyclic amines) is 1. The zero-order chi connectivity index (χ0) is 15.1. The van der Waals surface area contributed by atoms with Crippen molar-refractivity contribution in [1.82, 2.24) is 14.9 Å². The van der Waals surface area contributed by atoms with E-state index in [0.717, 1.165) is 49.8 Å². The van der Waals surface area contributed by atoms with Crippen molar-refractivity contribution in [1.29, 1.82) is 0 Å². The smallest absolute Gasteiger partial charge is 0.225 e. The molecular formula is C17H22N4O. The van der Waals surface area contributed by atoms with Crippen molar-refractivity contribution in [3.63, 3.8) is 0 Å². The highest BCUT2D eigenvalue weighted by molar-refractivity contribution is 5.89. The number of carbonyl (C=O) groups excluding carboxylic acids is 1. The van der Waals surface area contributed by atoms with Gasteiger partial charge in [0, 0.05) is 55.6 Å². The number of nitrogens with one attached hydrogen (secondary N) is 1. The van der Waals surface area contributed by atoms with Crippen LogP contribution < -0.4 is 4.90 Å². The zero-order valence-electron chi connectivity index (χ0n) is 13.0. The molecule has 5 nitrogen and oxygen atoms in total. The van der Waals surface area contributed by atoms with Gasteiger partial charge in [0.2, 0.25) is 5.91 Å². The molecule has 0 aromatic carbocycles. The Morgan fingerprint density at radius 2 is 2.23 bits per heavy atom. The van der Waals surface area contributed by atoms with E-state index in [9.17, 15) is 4.79 Å². The third-order valence-electron chi connectivity index (χ3n) is 5.00. The van der Waals surface area contributed by atoms with E-state index >= 15 is 0 Å². The lowest BCUT2D eigenvalue weighted by Crippen LogP contribution is -2.49. The monoisotopic (exact) mass is 298 g/mol. The van der Waals surface area contributed by atoms with E-state index in [4.69, 9.17) is 0 Å². The second-order valence-electron chi connectivity index (χ2n) is 6.54. The lowest BCUT2D eigenvalue weighted by Gasteiger charge is -2.39. The standard InChI is InChI=1S/C17H22N4O/c1-20(15-7-9-19-16-14(15)6-8-18-16)13-3-2-10-21(11-13)17(22)12-4-5-12/h6-9,12-13H,2-5,10-11H2,1H3,(H,18,19)/t13-/m1/s1. The fraction of sp³-hybridized carbons (Fsp3) is 0.529. The average molecular weight is 298 g/mol. The van der Waals surface area contributed by atoms with Crippen molar-refractivity contribution in [2.45, 2.75) is 31.7 Å². The zero-order valence-corrected chi connectivity index (χ0v) is 13.0. The van der Waals surface area contributed by atoms with E-state index in [0.29, 0.717) is 17.9 Å². The Labute approximate surface area is 130 Å². The van der Waals surface area contributed by atoms with Crippen molar-refractivity contribution in [3.05, 3.63) is 24.5 Å². The first-order valence-electron chi connectivity index (χ1n) is 8.18. The van der Waals surface area contributed by atoms with Crippen molar-refractivity contribution in [3.8, 4) is 0 Å². The van der Waals surface area contributed by atoms with Crippen LogP contribution in [0.3, 0.4) is 0 Å². The van der Waals surface area contributed by atoms with Crippen LogP contribution in [-0.4, -0.2) is 47.0 Å². The summed E-state index contributed by atoms with van der Waals surface area (Å²) in [5.41, 5.74) is 2.11. The maximum absolute atomic E-state index is 12.3. The number of anilines is 1. The molecule has 2 aliphatic rings. The molecule has 0 bridgehead atoms. The van der Waals surface area contributed by atoms with Gasteiger partial charge in [0.15, 0.2) is 0 Å². The van der Waals surface area contributed by atoms with E-state index in [2.05, 4.69) is 38.9 Å². The predicted octanol–water partition coefficient (Wildman–Crippen LogP) is 2.40. The van der Waals surface area contributed by atoms with Gasteiger partial charge in [-0.25, -0.2) is 4.98 Å². The van der Waals surface area contributed by atoms with E-state index in [1.165, 1.54) is 5.69 Å². The Balaban J connectivity index is 1.55. The molecule has 1 atom stereocenters. The molecule has 0 unspecified atom stereocenters. The lowest BCUT2D eigenvalue weighted by molar-refractivity contribution is -0.133. The average Bonchev–Trinajstić information content (AvgIpc) is 3.30. The molecule has 2 aromatic heterocycles. The van der Waals surface area contributed by atoms with Crippen LogP contribution in [0, 0.1) is 5.92 Å². The molecule has 1 aliphatic carbocycles. The quantitative estimate of drug-likeness (QED) is 0.946. The molecule has 2 fully saturated rings. The summed E-state index contributed by atoms with van der Waals surface area (Å²) in [5, 5.41) is 1.15. The van der Waals surface area contributed by atoms with E-state index in [-0.39, 0.29) is 0 Å². The number of hydrogen-bond acceptors (Lipinski definition) is 3. The number of pyridine rings is 1. The summed E-state index contributed by atoms with van der Waals surface area (Å²) in [7, 11) is 2.14. The van der Waals surface area contributed by atoms with Crippen LogP contribution in [0.1, 0.15) is 25.7 Å². The molecule has 3 heterocycles. The number of amides is 1. The minimum Gasteiger partial charge on any atom is -0.369 e. The summed E-state index contributed by atoms with van der Waals surface area (Å²) in [6.07, 6.45) is 8.18. The first kappa shape index (κ1) is 13.6. The number of nitrogens with zero attached hydrogens (tertiary/aromatic N) is 3. The van der Waals surface area contributed by atoms with Crippen molar-refractivity contribution in [2.75, 3.05) is 25.0 Å². The third-order valence-corrected chi connectivity index (χ3v) is 5.00. The summed E-state index contributed by atoms with van der Waals surface area (Å²) < 4.78 is 0. The first-order chi connectivity index (χ1) is 10.7. The molecular weight excluding hydrogens is 276 g/mol. The van der Waals surface area contributed by atoms with Crippen LogP contribution in [0.25, 0.3) is 11.0 Å². The van der Waals surface area contributed by atoms with Gasteiger partial charge in [-0.05, 0) is 37.8 Å². The summed E-state index contributed by atoms with van der Waals surface area (Å²) in [4.78, 5) is 24.3. The number of aromatic amines is 1. The van der Waals surface area contributed by atoms with Gasteiger partial charge < -0.3 is 14.8 Å². The number of H-pyrrole nitrogens is 1. The number of likely N-dealkylation sites (N-methyl/N-ethyl adjacent to an activating group) is 1. The van der Waals surface area contributed by atoms with Crippen LogP contribution in [0.2, 0.25) is 0 Å². The molecule has 1 amide bonds. The topological polar surface area (TPSA) is 52.2 Å². The maximum Gasteiger partial charge on any atom is 0.225 e. The Kier molecular flexibility index (Phi) is 3.28. The lowest BCUT2D eigenvalue weighted by atomic mass is 10.0. The number of aromatic nitrogens is 2. The summed E-state index contributed by atoms with van der Waals surface area (Å²) in [5.74, 6) is 0.695. The molecule has 5 heteroatoms. The van der Waals surface area contributed by atoms with Gasteiger partial charge in [0.1, 0.15) is 5.65 Å². The second-order valence-corrected chi connectivity index (χ2v) is 6.54. The highest BCUT2D eigenvalue weighted by atomic mass is 16.2. The molecule has 4 rings (SSSR count). The molecule has 1 aliphatic heterocycles.